The number of hydrogen-bond acceptors (Lipinski definition) is 5. The van der Waals surface area contributed by atoms with Crippen molar-refractivity contribution in [1.29, 1.82) is 0 Å². The van der Waals surface area contributed by atoms with Crippen molar-refractivity contribution in [2.75, 3.05) is 5.75 Å². The summed E-state index contributed by atoms with van der Waals surface area (Å²) >= 11 is 4.40. The van der Waals surface area contributed by atoms with Gasteiger partial charge >= 0.3 is 6.09 Å². The number of hydrogen-bond donors (Lipinski definition) is 3. The number of ether oxygens (including phenoxy) is 1. The van der Waals surface area contributed by atoms with Gasteiger partial charge in [0, 0.05) is 17.8 Å². The fourth-order valence-corrected chi connectivity index (χ4v) is 4.69. The van der Waals surface area contributed by atoms with E-state index in [-0.39, 0.29) is 29.7 Å². The van der Waals surface area contributed by atoms with E-state index < -0.39 is 23.8 Å². The van der Waals surface area contributed by atoms with E-state index in [0.717, 1.165) is 36.0 Å². The Bertz CT molecular complexity index is 929. The zero-order chi connectivity index (χ0) is 29.2. The van der Waals surface area contributed by atoms with Gasteiger partial charge in [-0.1, -0.05) is 45.4 Å². The molecule has 0 saturated heterocycles. The van der Waals surface area contributed by atoms with Crippen LogP contribution in [0.25, 0.3) is 0 Å². The van der Waals surface area contributed by atoms with Gasteiger partial charge in [0.25, 0.3) is 0 Å². The summed E-state index contributed by atoms with van der Waals surface area (Å²) in [4.78, 5) is 42.5. The Morgan fingerprint density at radius 1 is 1.00 bits per heavy atom. The van der Waals surface area contributed by atoms with E-state index in [1.807, 2.05) is 45.9 Å². The molecule has 4 atom stereocenters. The van der Waals surface area contributed by atoms with Crippen molar-refractivity contribution in [3.63, 3.8) is 0 Å². The van der Waals surface area contributed by atoms with Crippen molar-refractivity contribution >= 4 is 30.5 Å². The van der Waals surface area contributed by atoms with Crippen LogP contribution in [0, 0.1) is 19.8 Å². The first-order valence-corrected chi connectivity index (χ1v) is 14.5. The third kappa shape index (κ3) is 10.5. The number of alkyl carbamates (subject to hydrolysis) is 1. The van der Waals surface area contributed by atoms with E-state index in [9.17, 15) is 14.4 Å². The predicted molar refractivity (Wildman–Crippen MR) is 159 cm³/mol. The first-order valence-electron chi connectivity index (χ1n) is 13.9. The molecule has 0 aromatic heterocycles. The first kappa shape index (κ1) is 33.8. The molecular weight excluding hydrogens is 498 g/mol. The molecule has 0 heterocycles. The van der Waals surface area contributed by atoms with Gasteiger partial charge < -0.3 is 20.3 Å². The summed E-state index contributed by atoms with van der Waals surface area (Å²) in [7, 11) is 0. The Balaban J connectivity index is 3.62. The number of carbonyl (C=O) groups is 3. The monoisotopic (exact) mass is 549 g/mol. The molecule has 7 nitrogen and oxygen atoms in total. The molecule has 0 aliphatic heterocycles. The second-order valence-corrected chi connectivity index (χ2v) is 12.2. The highest BCUT2D eigenvalue weighted by atomic mass is 32.1. The lowest BCUT2D eigenvalue weighted by molar-refractivity contribution is -0.145. The average Bonchev–Trinajstić information content (AvgIpc) is 2.80. The Hall–Kier alpha value is -2.22. The third-order valence-electron chi connectivity index (χ3n) is 6.64. The first-order chi connectivity index (χ1) is 17.6. The fourth-order valence-electron chi connectivity index (χ4n) is 4.44. The number of thiol groups is 1. The molecule has 4 unspecified atom stereocenters. The Kier molecular flexibility index (Phi) is 13.7. The van der Waals surface area contributed by atoms with Crippen molar-refractivity contribution in [1.82, 2.24) is 15.5 Å². The van der Waals surface area contributed by atoms with Crippen LogP contribution in [0.4, 0.5) is 4.79 Å². The summed E-state index contributed by atoms with van der Waals surface area (Å²) in [6.07, 6.45) is 2.69. The lowest BCUT2D eigenvalue weighted by Gasteiger charge is -2.39. The van der Waals surface area contributed by atoms with Crippen molar-refractivity contribution in [3.05, 3.63) is 34.9 Å². The molecule has 3 amide bonds. The highest BCUT2D eigenvalue weighted by molar-refractivity contribution is 7.80. The van der Waals surface area contributed by atoms with Crippen LogP contribution in [0.2, 0.25) is 0 Å². The highest BCUT2D eigenvalue weighted by Gasteiger charge is 2.39. The van der Waals surface area contributed by atoms with Gasteiger partial charge in [-0.05, 0) is 90.3 Å². The number of benzene rings is 1. The molecule has 0 spiro atoms. The average molecular weight is 550 g/mol. The van der Waals surface area contributed by atoms with Gasteiger partial charge in [0.2, 0.25) is 11.8 Å². The Morgan fingerprint density at radius 2 is 1.63 bits per heavy atom. The van der Waals surface area contributed by atoms with Crippen molar-refractivity contribution in [3.8, 4) is 0 Å². The molecule has 0 saturated carbocycles. The molecule has 8 heteroatoms. The Labute approximate surface area is 236 Å². The van der Waals surface area contributed by atoms with E-state index in [1.54, 1.807) is 25.7 Å². The maximum absolute atomic E-state index is 14.2. The number of carbonyl (C=O) groups excluding carboxylic acids is 3. The van der Waals surface area contributed by atoms with Gasteiger partial charge in [-0.2, -0.15) is 12.6 Å². The molecule has 1 aromatic rings. The highest BCUT2D eigenvalue weighted by Crippen LogP contribution is 2.31. The lowest BCUT2D eigenvalue weighted by atomic mass is 9.92. The van der Waals surface area contributed by atoms with Gasteiger partial charge in [-0.15, -0.1) is 0 Å². The SMILES string of the molecule is CCCC(C)NC(=O)C(c1cccc(C)c1C)N(C(=O)C(CS)NC(=O)OC(C)(C)C)C(C)CCC(C)C. The summed E-state index contributed by atoms with van der Waals surface area (Å²) in [5.41, 5.74) is 2.08. The topological polar surface area (TPSA) is 87.7 Å². The minimum Gasteiger partial charge on any atom is -0.444 e. The van der Waals surface area contributed by atoms with Crippen LogP contribution in [0.5, 0.6) is 0 Å². The van der Waals surface area contributed by atoms with Crippen LogP contribution in [0.3, 0.4) is 0 Å². The fraction of sp³-hybridized carbons (Fsp3) is 0.700. The number of rotatable bonds is 13. The number of nitrogens with one attached hydrogen (secondary N) is 2. The largest absolute Gasteiger partial charge is 0.444 e. The van der Waals surface area contributed by atoms with Crippen LogP contribution in [-0.2, 0) is 14.3 Å². The summed E-state index contributed by atoms with van der Waals surface area (Å²) in [6, 6.07) is 3.74. The van der Waals surface area contributed by atoms with E-state index in [2.05, 4.69) is 44.0 Å². The smallest absolute Gasteiger partial charge is 0.408 e. The maximum Gasteiger partial charge on any atom is 0.408 e. The van der Waals surface area contributed by atoms with Gasteiger partial charge in [0.15, 0.2) is 0 Å². The lowest BCUT2D eigenvalue weighted by Crippen LogP contribution is -2.56. The maximum atomic E-state index is 14.2. The van der Waals surface area contributed by atoms with Crippen LogP contribution >= 0.6 is 12.6 Å². The van der Waals surface area contributed by atoms with E-state index in [0.29, 0.717) is 12.3 Å². The van der Waals surface area contributed by atoms with Gasteiger partial charge in [0.1, 0.15) is 17.7 Å². The third-order valence-corrected chi connectivity index (χ3v) is 7.01. The van der Waals surface area contributed by atoms with Crippen LogP contribution < -0.4 is 10.6 Å². The number of aryl methyl sites for hydroxylation is 1. The normalized spacial score (nSPS) is 14.8. The molecule has 0 aliphatic carbocycles. The quantitative estimate of drug-likeness (QED) is 0.259. The zero-order valence-electron chi connectivity index (χ0n) is 25.2. The van der Waals surface area contributed by atoms with Gasteiger partial charge in [-0.25, -0.2) is 4.79 Å². The van der Waals surface area contributed by atoms with Crippen LogP contribution in [-0.4, -0.2) is 52.3 Å². The second kappa shape index (κ2) is 15.4. The minimum absolute atomic E-state index is 0.0383. The van der Waals surface area contributed by atoms with Crippen LogP contribution in [0.1, 0.15) is 104 Å². The summed E-state index contributed by atoms with van der Waals surface area (Å²) in [6.45, 7) is 19.6. The number of nitrogens with zero attached hydrogens (tertiary/aromatic N) is 1. The molecule has 1 rings (SSSR count). The van der Waals surface area contributed by atoms with Crippen LogP contribution in [0.15, 0.2) is 18.2 Å². The molecule has 38 heavy (non-hydrogen) atoms. The second-order valence-electron chi connectivity index (χ2n) is 11.8. The van der Waals surface area contributed by atoms with E-state index in [4.69, 9.17) is 4.74 Å². The minimum atomic E-state index is -0.955. The standard InChI is InChI=1S/C30H51N3O4S/c1-11-13-21(5)31-27(34)26(24-15-12-14-20(4)23(24)7)33(22(6)17-16-19(2)3)28(35)25(18-38)32-29(36)37-30(8,9)10/h12,14-15,19,21-22,25-26,38H,11,13,16-18H2,1-10H3,(H,31,34)(H,32,36). The molecule has 1 aromatic carbocycles. The van der Waals surface area contributed by atoms with Crippen molar-refractivity contribution < 1.29 is 19.1 Å². The molecule has 2 N–H and O–H groups in total. The Morgan fingerprint density at radius 3 is 2.16 bits per heavy atom. The van der Waals surface area contributed by atoms with Gasteiger partial charge in [0.05, 0.1) is 0 Å². The molecule has 216 valence electrons. The van der Waals surface area contributed by atoms with E-state index in [1.165, 1.54) is 0 Å². The summed E-state index contributed by atoms with van der Waals surface area (Å²) in [5.74, 6) is -0.0720. The van der Waals surface area contributed by atoms with Gasteiger partial charge in [-0.3, -0.25) is 9.59 Å². The predicted octanol–water partition coefficient (Wildman–Crippen LogP) is 6.13. The van der Waals surface area contributed by atoms with Crippen molar-refractivity contribution in [2.24, 2.45) is 5.92 Å². The molecule has 0 radical (unpaired) electrons. The zero-order valence-corrected chi connectivity index (χ0v) is 26.1. The summed E-state index contributed by atoms with van der Waals surface area (Å²) in [5, 5.41) is 5.84. The molecule has 0 fully saturated rings. The van der Waals surface area contributed by atoms with E-state index >= 15 is 0 Å². The summed E-state index contributed by atoms with van der Waals surface area (Å²) < 4.78 is 5.41. The molecule has 0 bridgehead atoms. The van der Waals surface area contributed by atoms with Crippen molar-refractivity contribution in [2.45, 2.75) is 125 Å². The number of amides is 3. The molecular formula is C30H51N3O4S. The molecule has 0 aliphatic rings.